The summed E-state index contributed by atoms with van der Waals surface area (Å²) in [7, 11) is -6.10. The van der Waals surface area contributed by atoms with Gasteiger partial charge in [-0.05, 0) is 179 Å². The standard InChI is InChI=1S/C19H11F5N6.C14H16BN3O2.C11H7BrF5N3.C11H8F5N3.C9H15BN2O2.C9H6F3N3.C6H3BrF3N.C3H5F3O3S.C2H6/c1-25-17-7-26-16-6-5-11(8-30(16)17)12-9-29(10-15(20)21)28-18(12)13-3-2-4-14(27-13)19(22,23)24;1-13(2)14(3,4)20-15(19-13)10-6-7-11-17-8-12(16-5)18(11)9-10;12-6-4-20(5-9(13)14)19-10(6)7-2-1-3-8(18-7)11(15,16)17;12-10(13)6-19-5-4-8(18-19)7-2-1-3-9(17-7)11(14,15)16;1-8(2)9(3,4)14-10(13-8)7-5-6-11-12-7;10-9(11,12)8-3-1-2-6(14-8)7-4-5-13-15-7;7-5-3-1-2-4(11-5)6(8,9)10;1-2-9-10(7,8)3(4,5)6;1-2/h2-9,15H,10H2;6-9H,1-4H3;1-4,9H,5H2;1-5,10H,6H2;5-6H,1-4H3,(H,11,12);1-5H,(H,13,15);1-3H;2H2,1H3;1-2H3. The van der Waals surface area contributed by atoms with Crippen LogP contribution < -0.4 is 11.1 Å². The quantitative estimate of drug-likeness (QED) is 0.0241. The molecule has 2 aliphatic heterocycles. The molecule has 0 amide bonds. The summed E-state index contributed by atoms with van der Waals surface area (Å²) in [5.74, 6) is 0.712. The molecule has 0 radical (unpaired) electrons. The average Bonchev–Trinajstić information content (AvgIpc) is 1.62. The first-order valence-corrected chi connectivity index (χ1v) is 43.4. The topological polar surface area (TPSA) is 299 Å². The van der Waals surface area contributed by atoms with Gasteiger partial charge in [-0.3, -0.25) is 28.4 Å². The van der Waals surface area contributed by atoms with E-state index in [0.717, 1.165) is 68.0 Å². The Balaban J connectivity index is 0.000000201. The highest BCUT2D eigenvalue weighted by Gasteiger charge is 2.54. The van der Waals surface area contributed by atoms with Gasteiger partial charge >= 0.3 is 60.7 Å². The molecule has 0 saturated carbocycles. The van der Waals surface area contributed by atoms with Gasteiger partial charge in [-0.25, -0.2) is 70.0 Å². The molecule has 0 aliphatic carbocycles. The lowest BCUT2D eigenvalue weighted by molar-refractivity contribution is -0.142. The molecule has 14 aromatic heterocycles. The van der Waals surface area contributed by atoms with Crippen molar-refractivity contribution in [2.45, 2.75) is 174 Å². The minimum Gasteiger partial charge on any atom is -0.399 e. The normalized spacial score (nSPS) is 14.3. The number of aromatic amines is 2. The molecule has 0 spiro atoms. The molecule has 141 heavy (non-hydrogen) atoms. The molecule has 754 valence electrons. The number of aromatic nitrogens is 19. The fraction of sp³-hybridized carbons (Fsp3) is 0.333. The Morgan fingerprint density at radius 3 is 1.26 bits per heavy atom. The smallest absolute Gasteiger partial charge is 0.399 e. The van der Waals surface area contributed by atoms with Crippen molar-refractivity contribution in [2.75, 3.05) is 6.61 Å². The summed E-state index contributed by atoms with van der Waals surface area (Å²) in [5, 5.41) is 24.5. The first kappa shape index (κ1) is 114. The van der Waals surface area contributed by atoms with Crippen LogP contribution in [0.2, 0.25) is 0 Å². The fourth-order valence-corrected chi connectivity index (χ4v) is 12.8. The molecule has 0 bridgehead atoms. The Morgan fingerprint density at radius 2 is 0.844 bits per heavy atom. The number of hydrogen-bond donors (Lipinski definition) is 2. The van der Waals surface area contributed by atoms with E-state index in [0.29, 0.717) is 32.8 Å². The molecule has 2 aliphatic rings. The second-order valence-electron chi connectivity index (χ2n) is 30.5. The number of fused-ring (bicyclic) bond motifs is 2. The van der Waals surface area contributed by atoms with Crippen molar-refractivity contribution in [2.24, 2.45) is 0 Å². The van der Waals surface area contributed by atoms with Crippen LogP contribution in [-0.4, -0.2) is 170 Å². The number of pyridine rings is 7. The highest BCUT2D eigenvalue weighted by atomic mass is 79.9. The van der Waals surface area contributed by atoms with Crippen LogP contribution in [0.4, 0.5) is 117 Å². The first-order valence-electron chi connectivity index (χ1n) is 40.5. The highest BCUT2D eigenvalue weighted by Crippen LogP contribution is 2.41. The van der Waals surface area contributed by atoms with E-state index in [1.54, 1.807) is 41.2 Å². The molecule has 0 aromatic carbocycles. The lowest BCUT2D eigenvalue weighted by atomic mass is 9.80. The van der Waals surface area contributed by atoms with Gasteiger partial charge in [0.15, 0.2) is 0 Å². The average molecular weight is 2160 g/mol. The van der Waals surface area contributed by atoms with Crippen LogP contribution in [0.25, 0.3) is 77.7 Å². The van der Waals surface area contributed by atoms with Crippen LogP contribution in [-0.2, 0) is 83.4 Å². The summed E-state index contributed by atoms with van der Waals surface area (Å²) < 4.78 is 349. The van der Waals surface area contributed by atoms with Gasteiger partial charge < -0.3 is 28.3 Å². The number of alkyl halides is 24. The Kier molecular flexibility index (Phi) is 37.7. The van der Waals surface area contributed by atoms with Gasteiger partial charge in [0, 0.05) is 59.7 Å². The van der Waals surface area contributed by atoms with Gasteiger partial charge in [-0.2, -0.15) is 113 Å². The number of H-pyrrole nitrogens is 2. The number of imidazole rings is 2. The van der Waals surface area contributed by atoms with Crippen LogP contribution in [0.15, 0.2) is 198 Å². The second-order valence-corrected chi connectivity index (χ2v) is 33.8. The summed E-state index contributed by atoms with van der Waals surface area (Å²) in [6.07, 6.45) is -17.1. The van der Waals surface area contributed by atoms with E-state index in [1.807, 2.05) is 93.6 Å². The van der Waals surface area contributed by atoms with E-state index in [-0.39, 0.29) is 79.8 Å². The molecule has 57 heteroatoms. The second kappa shape index (κ2) is 46.8. The van der Waals surface area contributed by atoms with Gasteiger partial charge in [-0.15, -0.1) is 0 Å². The minimum absolute atomic E-state index is 0.0113. The van der Waals surface area contributed by atoms with Crippen molar-refractivity contribution >= 4 is 90.2 Å². The third kappa shape index (κ3) is 31.2. The maximum atomic E-state index is 13.1. The summed E-state index contributed by atoms with van der Waals surface area (Å²) >= 11 is 5.91. The van der Waals surface area contributed by atoms with Crippen LogP contribution in [0.5, 0.6) is 0 Å². The summed E-state index contributed by atoms with van der Waals surface area (Å²) in [5.41, 5.74) is -7.15. The number of nitrogens with zero attached hydrogens (tertiary/aromatic N) is 19. The lowest BCUT2D eigenvalue weighted by Gasteiger charge is -2.32. The Labute approximate surface area is 803 Å². The van der Waals surface area contributed by atoms with E-state index in [4.69, 9.17) is 31.8 Å². The van der Waals surface area contributed by atoms with Crippen molar-refractivity contribution in [3.05, 3.63) is 250 Å². The van der Waals surface area contributed by atoms with Gasteiger partial charge in [0.05, 0.1) is 92.3 Å². The van der Waals surface area contributed by atoms with E-state index in [9.17, 15) is 114 Å². The Bertz CT molecular complexity index is 6630. The molecule has 28 nitrogen and oxygen atoms in total. The van der Waals surface area contributed by atoms with Crippen LogP contribution in [0.1, 0.15) is 105 Å². The van der Waals surface area contributed by atoms with E-state index < -0.39 is 128 Å². The third-order valence-corrected chi connectivity index (χ3v) is 21.6. The largest absolute Gasteiger partial charge is 0.523 e. The number of halogens is 26. The minimum atomic E-state index is -5.35. The van der Waals surface area contributed by atoms with Gasteiger partial charge in [-0.1, -0.05) is 63.4 Å². The van der Waals surface area contributed by atoms with E-state index >= 15 is 0 Å². The maximum absolute atomic E-state index is 13.1. The van der Waals surface area contributed by atoms with Gasteiger partial charge in [0.2, 0.25) is 11.3 Å². The third-order valence-electron chi connectivity index (χ3n) is 19.4. The molecule has 0 atom stereocenters. The van der Waals surface area contributed by atoms with Crippen molar-refractivity contribution < 1.29 is 137 Å². The van der Waals surface area contributed by atoms with Crippen molar-refractivity contribution in [1.29, 1.82) is 0 Å². The lowest BCUT2D eigenvalue weighted by Crippen LogP contribution is -2.41. The molecule has 2 saturated heterocycles. The molecule has 2 N–H and O–H groups in total. The highest BCUT2D eigenvalue weighted by molar-refractivity contribution is 9.10. The molecule has 0 unspecified atom stereocenters. The maximum Gasteiger partial charge on any atom is 0.523 e. The zero-order chi connectivity index (χ0) is 105. The fourth-order valence-electron chi connectivity index (χ4n) is 11.5. The summed E-state index contributed by atoms with van der Waals surface area (Å²) in [6.45, 7) is 33.2. The van der Waals surface area contributed by atoms with Crippen LogP contribution >= 0.6 is 31.9 Å². The van der Waals surface area contributed by atoms with Crippen molar-refractivity contribution in [1.82, 2.24) is 93.4 Å². The first-order chi connectivity index (χ1) is 65.5. The van der Waals surface area contributed by atoms with E-state index in [1.165, 1.54) is 102 Å². The van der Waals surface area contributed by atoms with E-state index in [2.05, 4.69) is 116 Å². The molecule has 14 aromatic rings. The summed E-state index contributed by atoms with van der Waals surface area (Å²) in [6, 6.07) is 29.2. The molecular weight excluding hydrogens is 2080 g/mol. The predicted octanol–water partition coefficient (Wildman–Crippen LogP) is 22.5. The van der Waals surface area contributed by atoms with Gasteiger partial charge in [0.25, 0.3) is 30.9 Å². The monoisotopic (exact) mass is 2160 g/mol. The van der Waals surface area contributed by atoms with Crippen molar-refractivity contribution in [3.8, 4) is 56.7 Å². The molecule has 16 rings (SSSR count). The SMILES string of the molecule is CC.CC1(C)OB(c2ccn[nH]2)OC1(C)C.CCOS(=O)(=O)C(F)(F)F.FC(F)(F)c1cccc(-c2ccn[nH]2)n1.FC(F)(F)c1cccc(Br)n1.FC(F)Cn1cc(Br)c(-c2cccc(C(F)(F)F)n2)n1.FC(F)Cn1ccc(-c2cccc(C(F)(F)F)n2)n1.[C-]#[N+]c1cnc2ccc(-c3cn(CC(F)F)nc3-c3cccc(C(F)(F)F)n3)cn12.[C-]#[N+]c1cnc2ccc(B3OC(C)(C)C(C)(C)O3)cn12. The van der Waals surface area contributed by atoms with Crippen LogP contribution in [0, 0.1) is 13.1 Å². The molecular formula is C84H77B2Br2F24N21O7S. The Morgan fingerprint density at radius 1 is 0.447 bits per heavy atom. The molecule has 2 fully saturated rings. The Hall–Kier alpha value is -12.7. The number of rotatable bonds is 15. The number of nitrogens with one attached hydrogen (secondary N) is 2. The number of hydrogen-bond acceptors (Lipinski definition) is 19. The molecule has 16 heterocycles. The predicted molar refractivity (Wildman–Crippen MR) is 471 cm³/mol. The van der Waals surface area contributed by atoms with Crippen LogP contribution in [0.3, 0.4) is 0 Å². The zero-order valence-electron chi connectivity index (χ0n) is 74.7. The zero-order valence-corrected chi connectivity index (χ0v) is 78.7. The summed E-state index contributed by atoms with van der Waals surface area (Å²) in [4.78, 5) is 32.3. The van der Waals surface area contributed by atoms with Crippen molar-refractivity contribution in [3.63, 3.8) is 0 Å². The van der Waals surface area contributed by atoms with Gasteiger partial charge in [0.1, 0.15) is 69.8 Å².